The Morgan fingerprint density at radius 3 is 2.12 bits per heavy atom. The van der Waals surface area contributed by atoms with Gasteiger partial charge in [-0.15, -0.1) is 0 Å². The van der Waals surface area contributed by atoms with Crippen LogP contribution in [0.4, 0.5) is 8.78 Å². The average molecular weight is 810 g/mol. The van der Waals surface area contributed by atoms with Crippen LogP contribution < -0.4 is 9.47 Å². The summed E-state index contributed by atoms with van der Waals surface area (Å²) in [7, 11) is 3.20. The number of allylic oxidation sites excluding steroid dienone is 4. The topological polar surface area (TPSA) is 96.3 Å². The molecular weight excluding hydrogens is 749 g/mol. The second kappa shape index (κ2) is 13.5. The molecule has 2 N–H and O–H groups in total. The fourth-order valence-electron chi connectivity index (χ4n) is 16.1. The lowest BCUT2D eigenvalue weighted by molar-refractivity contribution is -0.181. The maximum absolute atomic E-state index is 14.9. The van der Waals surface area contributed by atoms with Gasteiger partial charge in [0, 0.05) is 40.5 Å². The van der Waals surface area contributed by atoms with E-state index in [2.05, 4.69) is 32.1 Å². The lowest BCUT2D eigenvalue weighted by Gasteiger charge is -2.71. The third kappa shape index (κ3) is 5.67. The summed E-state index contributed by atoms with van der Waals surface area (Å²) in [5, 5.41) is 24.5. The Morgan fingerprint density at radius 2 is 1.44 bits per heavy atom. The van der Waals surface area contributed by atoms with Gasteiger partial charge in [0.1, 0.15) is 0 Å². The van der Waals surface area contributed by atoms with Crippen LogP contribution in [0.5, 0.6) is 11.5 Å². The van der Waals surface area contributed by atoms with E-state index in [0.29, 0.717) is 67.1 Å². The first-order valence-corrected chi connectivity index (χ1v) is 22.4. The first-order valence-electron chi connectivity index (χ1n) is 22.4. The highest BCUT2D eigenvalue weighted by molar-refractivity contribution is 6.10. The minimum absolute atomic E-state index is 0.00248. The van der Waals surface area contributed by atoms with Crippen LogP contribution in [0.15, 0.2) is 60.2 Å². The van der Waals surface area contributed by atoms with Gasteiger partial charge >= 0.3 is 0 Å². The number of nitrogens with zero attached hydrogens (tertiary/aromatic N) is 1. The van der Waals surface area contributed by atoms with E-state index in [4.69, 9.17) is 9.47 Å². The highest BCUT2D eigenvalue weighted by Crippen LogP contribution is 2.78. The third-order valence-corrected chi connectivity index (χ3v) is 18.4. The molecule has 59 heavy (non-hydrogen) atoms. The molecule has 1 unspecified atom stereocenters. The molecule has 9 heteroatoms. The molecule has 0 heterocycles. The van der Waals surface area contributed by atoms with E-state index in [0.717, 1.165) is 56.2 Å². The first-order chi connectivity index (χ1) is 28.1. The van der Waals surface area contributed by atoms with Crippen molar-refractivity contribution in [3.63, 3.8) is 0 Å². The summed E-state index contributed by atoms with van der Waals surface area (Å²) in [5.74, 6) is 0.873. The summed E-state index contributed by atoms with van der Waals surface area (Å²) in [4.78, 5) is 31.9. The average Bonchev–Trinajstić information content (AvgIpc) is 3.47. The largest absolute Gasteiger partial charge is 0.493 e. The summed E-state index contributed by atoms with van der Waals surface area (Å²) in [6.07, 6.45) is 18.3. The quantitative estimate of drug-likeness (QED) is 0.184. The molecule has 2 aromatic rings. The number of hydrogen-bond donors (Lipinski definition) is 2. The molecule has 316 valence electrons. The fourth-order valence-corrected chi connectivity index (χ4v) is 16.1. The number of hydrogen-bond acceptors (Lipinski definition) is 6. The number of fused-ring (bicyclic) bond motifs is 1. The normalized spacial score (nSPS) is 42.1. The Kier molecular flexibility index (Phi) is 9.03. The SMILES string of the molecule is COc1ccc(CC(=O)N(CC23CC4CC(CC(C4)C2)C3)C[C@]2(O)CC[C@H]3[C@]45C=C[C@@]6(C=C4C(=O)c4ccc(F)c(F)c4)CC(O)CC[C@]6(C)[C@H]5CC[C@@]32C)cc1OC. The van der Waals surface area contributed by atoms with Crippen molar-refractivity contribution in [2.75, 3.05) is 27.3 Å². The van der Waals surface area contributed by atoms with Crippen molar-refractivity contribution in [2.45, 2.75) is 115 Å². The molecule has 0 radical (unpaired) electrons. The highest BCUT2D eigenvalue weighted by atomic mass is 19.2. The van der Waals surface area contributed by atoms with Crippen LogP contribution in [0.2, 0.25) is 0 Å². The summed E-state index contributed by atoms with van der Waals surface area (Å²) in [5.41, 5.74) is -1.83. The molecule has 7 saturated carbocycles. The monoisotopic (exact) mass is 809 g/mol. The summed E-state index contributed by atoms with van der Waals surface area (Å²) in [6, 6.07) is 9.07. The number of halogens is 2. The van der Waals surface area contributed by atoms with E-state index in [1.807, 2.05) is 23.1 Å². The standard InChI is InChI=1S/C50H61F2NO6/c1-45-12-9-35(54)26-48(45)15-16-50(36(27-48)44(56)34-6-7-37(51)38(52)22-34)41(45)10-13-46(2)42(50)11-14-49(46,57)29-53(28-47-23-31-17-32(24-47)19-33(18-31)25-47)43(55)21-30-5-8-39(58-3)40(20-30)59-4/h5-8,15-16,20,22,27,31-33,35,41-42,54,57H,9-14,17-19,21,23-26,28-29H2,1-4H3/t31?,32?,33?,35?,41-,42-,45-,46+,47?,48+,49-,50-/m1/s1. The molecule has 7 fully saturated rings. The van der Waals surface area contributed by atoms with Gasteiger partial charge in [-0.25, -0.2) is 8.78 Å². The smallest absolute Gasteiger partial charge is 0.227 e. The van der Waals surface area contributed by atoms with Crippen LogP contribution >= 0.6 is 0 Å². The number of carbonyl (C=O) groups is 2. The van der Waals surface area contributed by atoms with Gasteiger partial charge in [-0.2, -0.15) is 0 Å². The number of aliphatic hydroxyl groups is 2. The Balaban J connectivity index is 1.03. The lowest BCUT2D eigenvalue weighted by atomic mass is 9.32. The molecule has 2 spiro atoms. The summed E-state index contributed by atoms with van der Waals surface area (Å²) < 4.78 is 40.1. The van der Waals surface area contributed by atoms with Gasteiger partial charge in [0.2, 0.25) is 5.91 Å². The second-order valence-electron chi connectivity index (χ2n) is 21.3. The molecule has 0 saturated heterocycles. The van der Waals surface area contributed by atoms with Crippen molar-refractivity contribution in [1.29, 1.82) is 0 Å². The Hall–Kier alpha value is -3.56. The maximum atomic E-state index is 14.9. The number of Topliss-reactive ketones (excluding diaryl/α,β-unsaturated/α-hetero) is 1. The molecule has 10 aliphatic rings. The van der Waals surface area contributed by atoms with Gasteiger partial charge in [-0.3, -0.25) is 9.59 Å². The van der Waals surface area contributed by atoms with Gasteiger partial charge in [-0.1, -0.05) is 38.1 Å². The minimum atomic E-state index is -1.23. The number of carbonyl (C=O) groups excluding carboxylic acids is 2. The number of benzene rings is 2. The highest BCUT2D eigenvalue weighted by Gasteiger charge is 2.74. The zero-order valence-corrected chi connectivity index (χ0v) is 35.2. The lowest BCUT2D eigenvalue weighted by Crippen LogP contribution is -2.67. The molecule has 12 rings (SSSR count). The number of ether oxygens (including phenoxy) is 2. The van der Waals surface area contributed by atoms with Gasteiger partial charge in [0.05, 0.1) is 32.3 Å². The van der Waals surface area contributed by atoms with Crippen LogP contribution in [0.3, 0.4) is 0 Å². The van der Waals surface area contributed by atoms with Crippen LogP contribution in [-0.2, 0) is 11.2 Å². The Labute approximate surface area is 347 Å². The van der Waals surface area contributed by atoms with Crippen LogP contribution in [-0.4, -0.2) is 65.8 Å². The molecule has 6 bridgehead atoms. The van der Waals surface area contributed by atoms with E-state index in [1.165, 1.54) is 25.3 Å². The van der Waals surface area contributed by atoms with Crippen molar-refractivity contribution in [3.05, 3.63) is 83.0 Å². The van der Waals surface area contributed by atoms with Crippen LogP contribution in [0.25, 0.3) is 0 Å². The number of amides is 1. The van der Waals surface area contributed by atoms with Gasteiger partial charge in [0.15, 0.2) is 28.9 Å². The molecule has 7 nitrogen and oxygen atoms in total. The van der Waals surface area contributed by atoms with E-state index in [1.54, 1.807) is 14.2 Å². The van der Waals surface area contributed by atoms with Crippen molar-refractivity contribution in [3.8, 4) is 11.5 Å². The predicted octanol–water partition coefficient (Wildman–Crippen LogP) is 9.04. The van der Waals surface area contributed by atoms with E-state index in [-0.39, 0.29) is 52.9 Å². The minimum Gasteiger partial charge on any atom is -0.493 e. The molecule has 0 aromatic heterocycles. The maximum Gasteiger partial charge on any atom is 0.227 e. The molecule has 2 aromatic carbocycles. The summed E-state index contributed by atoms with van der Waals surface area (Å²) in [6.45, 7) is 5.40. The van der Waals surface area contributed by atoms with Crippen molar-refractivity contribution >= 4 is 11.7 Å². The van der Waals surface area contributed by atoms with E-state index >= 15 is 0 Å². The first kappa shape index (κ1) is 39.6. The van der Waals surface area contributed by atoms with Crippen LogP contribution in [0.1, 0.15) is 113 Å². The van der Waals surface area contributed by atoms with E-state index < -0.39 is 39.6 Å². The third-order valence-electron chi connectivity index (χ3n) is 18.4. The number of methoxy groups -OCH3 is 2. The summed E-state index contributed by atoms with van der Waals surface area (Å²) >= 11 is 0. The van der Waals surface area contributed by atoms with Crippen molar-refractivity contribution in [1.82, 2.24) is 4.90 Å². The molecule has 8 atom stereocenters. The Bertz CT molecular complexity index is 2110. The zero-order chi connectivity index (χ0) is 41.3. The van der Waals surface area contributed by atoms with Crippen LogP contribution in [0, 0.1) is 68.3 Å². The van der Waals surface area contributed by atoms with E-state index in [9.17, 15) is 28.6 Å². The van der Waals surface area contributed by atoms with Crippen molar-refractivity contribution in [2.24, 2.45) is 56.7 Å². The molecule has 1 amide bonds. The van der Waals surface area contributed by atoms with Crippen molar-refractivity contribution < 1.29 is 38.1 Å². The number of rotatable bonds is 10. The molecule has 0 aliphatic heterocycles. The fraction of sp³-hybridized carbons (Fsp3) is 0.640. The second-order valence-corrected chi connectivity index (χ2v) is 21.3. The van der Waals surface area contributed by atoms with Gasteiger partial charge < -0.3 is 24.6 Å². The number of ketones is 1. The predicted molar refractivity (Wildman–Crippen MR) is 220 cm³/mol. The molecule has 10 aliphatic carbocycles. The van der Waals surface area contributed by atoms with Gasteiger partial charge in [-0.05, 0) is 160 Å². The molecular formula is C50H61F2NO6. The Morgan fingerprint density at radius 1 is 0.780 bits per heavy atom. The van der Waals surface area contributed by atoms with Gasteiger partial charge in [0.25, 0.3) is 0 Å². The zero-order valence-electron chi connectivity index (χ0n) is 35.2. The number of aliphatic hydroxyl groups excluding tert-OH is 1.